The van der Waals surface area contributed by atoms with Gasteiger partial charge in [0.2, 0.25) is 0 Å². The molecule has 0 bridgehead atoms. The Morgan fingerprint density at radius 3 is 2.69 bits per heavy atom. The normalized spacial score (nSPS) is 19.2. The minimum absolute atomic E-state index is 0.0246. The van der Waals surface area contributed by atoms with Crippen LogP contribution in [-0.4, -0.2) is 30.3 Å². The molecular weight excluding hydrogens is 205 g/mol. The van der Waals surface area contributed by atoms with E-state index in [9.17, 15) is 0 Å². The van der Waals surface area contributed by atoms with Gasteiger partial charge in [-0.1, -0.05) is 13.8 Å². The van der Waals surface area contributed by atoms with Crippen molar-refractivity contribution >= 4 is 12.7 Å². The van der Waals surface area contributed by atoms with E-state index in [0.29, 0.717) is 18.8 Å². The Bertz CT molecular complexity index is 420. The van der Waals surface area contributed by atoms with Gasteiger partial charge in [0, 0.05) is 24.8 Å². The highest BCUT2D eigenvalue weighted by molar-refractivity contribution is 6.60. The van der Waals surface area contributed by atoms with Crippen LogP contribution < -0.4 is 5.59 Å². The highest BCUT2D eigenvalue weighted by atomic mass is 16.6. The van der Waals surface area contributed by atoms with Crippen molar-refractivity contribution < 1.29 is 9.31 Å². The Morgan fingerprint density at radius 1 is 1.38 bits per heavy atom. The molecular formula is C10H12BN3O2. The van der Waals surface area contributed by atoms with Gasteiger partial charge in [-0.15, -0.1) is 0 Å². The first-order valence-electron chi connectivity index (χ1n) is 5.06. The van der Waals surface area contributed by atoms with Crippen molar-refractivity contribution in [2.75, 3.05) is 13.2 Å². The fraction of sp³-hybridized carbons (Fsp3) is 0.500. The van der Waals surface area contributed by atoms with E-state index in [-0.39, 0.29) is 11.1 Å². The van der Waals surface area contributed by atoms with E-state index < -0.39 is 7.12 Å². The molecule has 0 saturated carbocycles. The maximum Gasteiger partial charge on any atom is 0.515 e. The molecule has 0 amide bonds. The summed E-state index contributed by atoms with van der Waals surface area (Å²) in [5, 5.41) is 8.71. The molecule has 16 heavy (non-hydrogen) atoms. The average molecular weight is 217 g/mol. The predicted molar refractivity (Wildman–Crippen MR) is 57.8 cm³/mol. The van der Waals surface area contributed by atoms with Crippen LogP contribution in [0.3, 0.4) is 0 Å². The van der Waals surface area contributed by atoms with Crippen LogP contribution in [0.1, 0.15) is 19.5 Å². The van der Waals surface area contributed by atoms with Gasteiger partial charge in [-0.25, -0.2) is 4.98 Å². The van der Waals surface area contributed by atoms with Crippen LogP contribution in [0.4, 0.5) is 0 Å². The Hall–Kier alpha value is -1.45. The lowest BCUT2D eigenvalue weighted by Gasteiger charge is -2.32. The lowest BCUT2D eigenvalue weighted by molar-refractivity contribution is 0.0339. The zero-order valence-corrected chi connectivity index (χ0v) is 9.30. The number of hydrogen-bond acceptors (Lipinski definition) is 5. The van der Waals surface area contributed by atoms with Gasteiger partial charge in [0.25, 0.3) is 0 Å². The van der Waals surface area contributed by atoms with Crippen molar-refractivity contribution in [3.05, 3.63) is 18.1 Å². The summed E-state index contributed by atoms with van der Waals surface area (Å²) in [5.41, 5.74) is 0.848. The summed E-state index contributed by atoms with van der Waals surface area (Å²) >= 11 is 0. The molecule has 2 heterocycles. The number of nitriles is 1. The number of nitrogens with zero attached hydrogens (tertiary/aromatic N) is 3. The summed E-state index contributed by atoms with van der Waals surface area (Å²) in [5.74, 6) is 0. The molecule has 1 saturated heterocycles. The Morgan fingerprint density at radius 2 is 2.06 bits per heavy atom. The Balaban J connectivity index is 2.11. The highest BCUT2D eigenvalue weighted by Gasteiger charge is 2.34. The maximum absolute atomic E-state index is 8.71. The third-order valence-corrected chi connectivity index (χ3v) is 2.26. The van der Waals surface area contributed by atoms with Gasteiger partial charge < -0.3 is 9.31 Å². The summed E-state index contributed by atoms with van der Waals surface area (Å²) in [4.78, 5) is 8.01. The second-order valence-electron chi connectivity index (χ2n) is 4.56. The molecule has 2 rings (SSSR count). The first-order valence-corrected chi connectivity index (χ1v) is 5.06. The van der Waals surface area contributed by atoms with Crippen LogP contribution in [0.25, 0.3) is 0 Å². The number of aromatic nitrogens is 2. The summed E-state index contributed by atoms with van der Waals surface area (Å²) in [6, 6.07) is 1.94. The topological polar surface area (TPSA) is 68.0 Å². The monoisotopic (exact) mass is 217 g/mol. The van der Waals surface area contributed by atoms with Crippen molar-refractivity contribution in [3.8, 4) is 6.07 Å². The van der Waals surface area contributed by atoms with Gasteiger partial charge in [-0.05, 0) is 0 Å². The van der Waals surface area contributed by atoms with E-state index in [1.807, 2.05) is 6.07 Å². The van der Waals surface area contributed by atoms with Gasteiger partial charge >= 0.3 is 7.12 Å². The summed E-state index contributed by atoms with van der Waals surface area (Å²) in [6.45, 7) is 5.35. The molecule has 5 nitrogen and oxygen atoms in total. The predicted octanol–water partition coefficient (Wildman–Crippen LogP) is 0.116. The first-order chi connectivity index (χ1) is 7.61. The molecule has 0 unspecified atom stereocenters. The molecule has 0 N–H and O–H groups in total. The van der Waals surface area contributed by atoms with E-state index >= 15 is 0 Å². The van der Waals surface area contributed by atoms with Crippen molar-refractivity contribution in [3.63, 3.8) is 0 Å². The van der Waals surface area contributed by atoms with Gasteiger partial charge in [0.05, 0.1) is 11.8 Å². The molecule has 6 heteroatoms. The zero-order valence-electron chi connectivity index (χ0n) is 9.30. The number of hydrogen-bond donors (Lipinski definition) is 0. The largest absolute Gasteiger partial charge is 0.515 e. The van der Waals surface area contributed by atoms with E-state index in [1.165, 1.54) is 6.20 Å². The molecule has 1 fully saturated rings. The highest BCUT2D eigenvalue weighted by Crippen LogP contribution is 2.20. The van der Waals surface area contributed by atoms with Crippen LogP contribution in [-0.2, 0) is 9.31 Å². The minimum Gasteiger partial charge on any atom is -0.406 e. The standard InChI is InChI=1S/C10H12BN3O2/c1-10(2)6-15-11(16-7-10)9-5-13-4-8(3-12)14-9/h4-5H,6-7H2,1-2H3. The fourth-order valence-electron chi connectivity index (χ4n) is 1.41. The molecule has 1 aromatic rings. The van der Waals surface area contributed by atoms with E-state index in [4.69, 9.17) is 14.6 Å². The van der Waals surface area contributed by atoms with Crippen molar-refractivity contribution in [2.45, 2.75) is 13.8 Å². The second-order valence-corrected chi connectivity index (χ2v) is 4.56. The lowest BCUT2D eigenvalue weighted by Crippen LogP contribution is -2.48. The third kappa shape index (κ3) is 2.38. The summed E-state index contributed by atoms with van der Waals surface area (Å²) in [6.07, 6.45) is 2.97. The van der Waals surface area contributed by atoms with Gasteiger partial charge in [0.15, 0.2) is 5.69 Å². The molecule has 0 atom stereocenters. The average Bonchev–Trinajstić information content (AvgIpc) is 2.29. The van der Waals surface area contributed by atoms with Crippen molar-refractivity contribution in [1.29, 1.82) is 5.26 Å². The molecule has 82 valence electrons. The quantitative estimate of drug-likeness (QED) is 0.624. The van der Waals surface area contributed by atoms with Gasteiger partial charge in [-0.2, -0.15) is 5.26 Å². The Labute approximate surface area is 94.6 Å². The van der Waals surface area contributed by atoms with Crippen molar-refractivity contribution in [2.24, 2.45) is 5.41 Å². The van der Waals surface area contributed by atoms with Gasteiger partial charge in [0.1, 0.15) is 6.07 Å². The van der Waals surface area contributed by atoms with Crippen LogP contribution >= 0.6 is 0 Å². The molecule has 1 aliphatic heterocycles. The lowest BCUT2D eigenvalue weighted by atomic mass is 9.80. The molecule has 0 aliphatic carbocycles. The van der Waals surface area contributed by atoms with Crippen LogP contribution in [0.5, 0.6) is 0 Å². The van der Waals surface area contributed by atoms with Crippen molar-refractivity contribution in [1.82, 2.24) is 9.97 Å². The molecule has 1 aromatic heterocycles. The molecule has 0 spiro atoms. The Kier molecular flexibility index (Phi) is 2.90. The van der Waals surface area contributed by atoms with Crippen LogP contribution in [0.15, 0.2) is 12.4 Å². The molecule has 0 aromatic carbocycles. The van der Waals surface area contributed by atoms with E-state index in [2.05, 4.69) is 23.8 Å². The van der Waals surface area contributed by atoms with Crippen LogP contribution in [0, 0.1) is 16.7 Å². The van der Waals surface area contributed by atoms with Gasteiger partial charge in [-0.3, -0.25) is 4.98 Å². The zero-order chi connectivity index (χ0) is 11.6. The summed E-state index contributed by atoms with van der Waals surface area (Å²) < 4.78 is 11.1. The van der Waals surface area contributed by atoms with E-state index in [1.54, 1.807) is 6.20 Å². The third-order valence-electron chi connectivity index (χ3n) is 2.26. The molecule has 1 aliphatic rings. The maximum atomic E-state index is 8.71. The SMILES string of the molecule is CC1(C)COB(c2cncc(C#N)n2)OC1. The minimum atomic E-state index is -0.506. The summed E-state index contributed by atoms with van der Waals surface area (Å²) in [7, 11) is -0.506. The van der Waals surface area contributed by atoms with E-state index in [0.717, 1.165) is 0 Å². The first kappa shape index (κ1) is 11.1. The number of rotatable bonds is 1. The molecule has 0 radical (unpaired) electrons. The van der Waals surface area contributed by atoms with Crippen LogP contribution in [0.2, 0.25) is 0 Å². The second kappa shape index (κ2) is 4.20. The smallest absolute Gasteiger partial charge is 0.406 e. The fourth-order valence-corrected chi connectivity index (χ4v) is 1.41.